The smallest absolute Gasteiger partial charge is 0.337 e. The number of aryl methyl sites for hydroxylation is 1. The number of hydrogen-bond acceptors (Lipinski definition) is 3. The molecule has 0 aliphatic heterocycles. The zero-order valence-corrected chi connectivity index (χ0v) is 11.3. The molecule has 1 N–H and O–H groups in total. The van der Waals surface area contributed by atoms with Gasteiger partial charge in [0.25, 0.3) is 0 Å². The quantitative estimate of drug-likeness (QED) is 0.926. The van der Waals surface area contributed by atoms with Crippen molar-refractivity contribution in [3.63, 3.8) is 0 Å². The average molecular weight is 288 g/mol. The summed E-state index contributed by atoms with van der Waals surface area (Å²) in [6.07, 6.45) is 0. The van der Waals surface area contributed by atoms with Crippen LogP contribution in [0.1, 0.15) is 21.5 Å². The Morgan fingerprint density at radius 3 is 2.65 bits per heavy atom. The lowest BCUT2D eigenvalue weighted by molar-refractivity contribution is 0.0697. The van der Waals surface area contributed by atoms with Crippen molar-refractivity contribution in [3.05, 3.63) is 58.1 Å². The minimum absolute atomic E-state index is 0.0153. The van der Waals surface area contributed by atoms with E-state index in [0.717, 1.165) is 5.56 Å². The van der Waals surface area contributed by atoms with Crippen molar-refractivity contribution < 1.29 is 14.6 Å². The van der Waals surface area contributed by atoms with Crippen molar-refractivity contribution in [2.45, 2.75) is 6.92 Å². The van der Waals surface area contributed by atoms with Crippen molar-refractivity contribution >= 4 is 17.6 Å². The van der Waals surface area contributed by atoms with Crippen LogP contribution in [0.5, 0.6) is 11.5 Å². The van der Waals surface area contributed by atoms with Crippen LogP contribution in [0.4, 0.5) is 0 Å². The number of carbonyl (C=O) groups is 1. The molecular weight excluding hydrogens is 278 g/mol. The second-order valence-corrected chi connectivity index (χ2v) is 4.55. The summed E-state index contributed by atoms with van der Waals surface area (Å²) in [6.45, 7) is 1.85. The van der Waals surface area contributed by atoms with Gasteiger partial charge in [-0.3, -0.25) is 0 Å². The van der Waals surface area contributed by atoms with Crippen LogP contribution >= 0.6 is 11.6 Å². The lowest BCUT2D eigenvalue weighted by Gasteiger charge is -2.10. The summed E-state index contributed by atoms with van der Waals surface area (Å²) >= 11 is 5.88. The lowest BCUT2D eigenvalue weighted by atomic mass is 10.1. The fourth-order valence-electron chi connectivity index (χ4n) is 1.64. The first kappa shape index (κ1) is 13.9. The van der Waals surface area contributed by atoms with E-state index in [1.807, 2.05) is 13.0 Å². The molecule has 20 heavy (non-hydrogen) atoms. The van der Waals surface area contributed by atoms with Crippen LogP contribution in [0.15, 0.2) is 36.4 Å². The van der Waals surface area contributed by atoms with E-state index in [2.05, 4.69) is 0 Å². The molecule has 0 spiro atoms. The number of aromatic carboxylic acids is 1. The summed E-state index contributed by atoms with van der Waals surface area (Å²) < 4.78 is 5.64. The Balaban J connectivity index is 2.33. The number of carboxylic acids is 1. The molecule has 0 saturated carbocycles. The lowest BCUT2D eigenvalue weighted by Crippen LogP contribution is -1.97. The zero-order valence-electron chi connectivity index (χ0n) is 10.6. The molecule has 2 rings (SSSR count). The first-order valence-corrected chi connectivity index (χ1v) is 6.10. The second kappa shape index (κ2) is 5.64. The third-order valence-corrected chi connectivity index (χ3v) is 3.03. The first-order valence-electron chi connectivity index (χ1n) is 5.72. The van der Waals surface area contributed by atoms with Gasteiger partial charge < -0.3 is 9.84 Å². The highest BCUT2D eigenvalue weighted by Crippen LogP contribution is 2.29. The molecule has 0 amide bonds. The monoisotopic (exact) mass is 287 g/mol. The third kappa shape index (κ3) is 2.90. The van der Waals surface area contributed by atoms with Gasteiger partial charge in [0.05, 0.1) is 22.2 Å². The van der Waals surface area contributed by atoms with Crippen LogP contribution in [0.3, 0.4) is 0 Å². The number of nitriles is 1. The maximum atomic E-state index is 10.9. The summed E-state index contributed by atoms with van der Waals surface area (Å²) in [5.74, 6) is -0.148. The van der Waals surface area contributed by atoms with Crippen LogP contribution in [-0.4, -0.2) is 11.1 Å². The predicted octanol–water partition coefficient (Wildman–Crippen LogP) is 4.01. The molecule has 0 aliphatic carbocycles. The number of halogens is 1. The van der Waals surface area contributed by atoms with Crippen LogP contribution in [0.2, 0.25) is 5.02 Å². The molecular formula is C15H10ClNO3. The molecule has 2 aromatic rings. The van der Waals surface area contributed by atoms with Crippen molar-refractivity contribution in [3.8, 4) is 17.6 Å². The fraction of sp³-hybridized carbons (Fsp3) is 0.0667. The maximum Gasteiger partial charge on any atom is 0.337 e. The van der Waals surface area contributed by atoms with Gasteiger partial charge in [-0.15, -0.1) is 0 Å². The zero-order chi connectivity index (χ0) is 14.7. The summed E-state index contributed by atoms with van der Waals surface area (Å²) in [6, 6.07) is 11.5. The number of ether oxygens (including phenoxy) is 1. The molecule has 0 fully saturated rings. The molecule has 0 atom stereocenters. The van der Waals surface area contributed by atoms with Crippen LogP contribution < -0.4 is 4.74 Å². The van der Waals surface area contributed by atoms with Crippen molar-refractivity contribution in [1.82, 2.24) is 0 Å². The molecule has 0 saturated heterocycles. The van der Waals surface area contributed by atoms with Gasteiger partial charge in [-0.05, 0) is 36.8 Å². The summed E-state index contributed by atoms with van der Waals surface area (Å²) in [4.78, 5) is 10.9. The fourth-order valence-corrected chi connectivity index (χ4v) is 1.89. The number of benzene rings is 2. The van der Waals surface area contributed by atoms with Crippen LogP contribution in [0, 0.1) is 18.3 Å². The molecule has 2 aromatic carbocycles. The molecule has 100 valence electrons. The van der Waals surface area contributed by atoms with Gasteiger partial charge >= 0.3 is 5.97 Å². The van der Waals surface area contributed by atoms with E-state index in [-0.39, 0.29) is 10.6 Å². The molecule has 0 unspecified atom stereocenters. The largest absolute Gasteiger partial charge is 0.478 e. The van der Waals surface area contributed by atoms with Gasteiger partial charge in [0, 0.05) is 6.07 Å². The maximum absolute atomic E-state index is 10.9. The van der Waals surface area contributed by atoms with Gasteiger partial charge in [-0.2, -0.15) is 5.26 Å². The summed E-state index contributed by atoms with van der Waals surface area (Å²) in [5.41, 5.74) is 1.36. The van der Waals surface area contributed by atoms with E-state index < -0.39 is 5.97 Å². The second-order valence-electron chi connectivity index (χ2n) is 4.14. The van der Waals surface area contributed by atoms with Gasteiger partial charge in [0.15, 0.2) is 0 Å². The van der Waals surface area contributed by atoms with E-state index in [0.29, 0.717) is 17.1 Å². The molecule has 0 aliphatic rings. The predicted molar refractivity (Wildman–Crippen MR) is 74.4 cm³/mol. The average Bonchev–Trinajstić information content (AvgIpc) is 2.41. The molecule has 5 heteroatoms. The Hall–Kier alpha value is -2.51. The first-order chi connectivity index (χ1) is 9.51. The van der Waals surface area contributed by atoms with Crippen molar-refractivity contribution in [2.75, 3.05) is 0 Å². The number of nitrogens with zero attached hydrogens (tertiary/aromatic N) is 1. The van der Waals surface area contributed by atoms with E-state index in [9.17, 15) is 4.79 Å². The van der Waals surface area contributed by atoms with Crippen molar-refractivity contribution in [1.29, 1.82) is 5.26 Å². The number of carboxylic acid groups (broad SMARTS) is 1. The highest BCUT2D eigenvalue weighted by molar-refractivity contribution is 6.33. The van der Waals surface area contributed by atoms with Crippen molar-refractivity contribution in [2.24, 2.45) is 0 Å². The van der Waals surface area contributed by atoms with E-state index >= 15 is 0 Å². The summed E-state index contributed by atoms with van der Waals surface area (Å²) in [5, 5.41) is 17.9. The van der Waals surface area contributed by atoms with E-state index in [1.165, 1.54) is 18.2 Å². The van der Waals surface area contributed by atoms with Crippen LogP contribution in [-0.2, 0) is 0 Å². The topological polar surface area (TPSA) is 70.3 Å². The van der Waals surface area contributed by atoms with Gasteiger partial charge in [0.2, 0.25) is 0 Å². The van der Waals surface area contributed by atoms with Gasteiger partial charge in [0.1, 0.15) is 11.5 Å². The minimum Gasteiger partial charge on any atom is -0.478 e. The molecule has 4 nitrogen and oxygen atoms in total. The Morgan fingerprint density at radius 1 is 1.30 bits per heavy atom. The Morgan fingerprint density at radius 2 is 2.05 bits per heavy atom. The highest BCUT2D eigenvalue weighted by atomic mass is 35.5. The van der Waals surface area contributed by atoms with E-state index in [1.54, 1.807) is 18.2 Å². The highest BCUT2D eigenvalue weighted by Gasteiger charge is 2.10. The van der Waals surface area contributed by atoms with E-state index in [4.69, 9.17) is 26.7 Å². The Bertz CT molecular complexity index is 720. The van der Waals surface area contributed by atoms with Crippen LogP contribution in [0.25, 0.3) is 0 Å². The standard InChI is InChI=1S/C15H10ClNO3/c1-9-2-3-10(8-17)6-14(9)20-11-4-5-12(15(18)19)13(16)7-11/h2-7H,1H3,(H,18,19). The number of rotatable bonds is 3. The SMILES string of the molecule is Cc1ccc(C#N)cc1Oc1ccc(C(=O)O)c(Cl)c1. The third-order valence-electron chi connectivity index (χ3n) is 2.72. The normalized spacial score (nSPS) is 9.85. The Labute approximate surface area is 120 Å². The van der Waals surface area contributed by atoms with Gasteiger partial charge in [-0.25, -0.2) is 4.79 Å². The minimum atomic E-state index is -1.09. The van der Waals surface area contributed by atoms with Gasteiger partial charge in [-0.1, -0.05) is 17.7 Å². The number of hydrogen-bond donors (Lipinski definition) is 1. The molecule has 0 aromatic heterocycles. The summed E-state index contributed by atoms with van der Waals surface area (Å²) in [7, 11) is 0. The molecule has 0 heterocycles. The molecule has 0 radical (unpaired) electrons. The Kier molecular flexibility index (Phi) is 3.92. The molecule has 0 bridgehead atoms.